The van der Waals surface area contributed by atoms with Crippen molar-refractivity contribution in [2.75, 3.05) is 0 Å². The van der Waals surface area contributed by atoms with Gasteiger partial charge in [0.2, 0.25) is 0 Å². The Morgan fingerprint density at radius 1 is 1.25 bits per heavy atom. The first kappa shape index (κ1) is 11.2. The summed E-state index contributed by atoms with van der Waals surface area (Å²) in [7, 11) is -1.35. The van der Waals surface area contributed by atoms with Crippen molar-refractivity contribution in [3.8, 4) is 0 Å². The first-order valence-electron chi connectivity index (χ1n) is 3.36. The summed E-state index contributed by atoms with van der Waals surface area (Å²) in [6.07, 6.45) is 0. The van der Waals surface area contributed by atoms with Gasteiger partial charge in [0.25, 0.3) is 0 Å². The molecule has 2 nitrogen and oxygen atoms in total. The topological polar surface area (TPSA) is 40.5 Å². The summed E-state index contributed by atoms with van der Waals surface area (Å²) < 4.78 is 0. The van der Waals surface area contributed by atoms with Crippen LogP contribution in [0, 0.1) is 0 Å². The molecule has 0 aliphatic heterocycles. The van der Waals surface area contributed by atoms with Crippen LogP contribution in [0.4, 0.5) is 0 Å². The van der Waals surface area contributed by atoms with E-state index in [1.54, 1.807) is 0 Å². The Bertz CT molecular complexity index is 214. The Morgan fingerprint density at radius 2 is 1.67 bits per heavy atom. The maximum Gasteiger partial charge on any atom is 0.480 e. The van der Waals surface area contributed by atoms with Crippen molar-refractivity contribution in [2.45, 2.75) is 0 Å². The maximum absolute atomic E-state index is 7.80. The highest BCUT2D eigenvalue weighted by Gasteiger charge is 1.92. The lowest BCUT2D eigenvalue weighted by molar-refractivity contribution is 0.424. The molecule has 1 rings (SSSR count). The van der Waals surface area contributed by atoms with Crippen LogP contribution in [-0.2, 0) is 0 Å². The zero-order valence-corrected chi connectivity index (χ0v) is 7.28. The lowest BCUT2D eigenvalue weighted by atomic mass is 9.94. The molecule has 1 aromatic rings. The van der Waals surface area contributed by atoms with Gasteiger partial charge in [-0.2, -0.15) is 0 Å². The highest BCUT2D eigenvalue weighted by atomic mass is 35.5. The van der Waals surface area contributed by atoms with Crippen LogP contribution >= 0.6 is 11.6 Å². The molecule has 0 amide bonds. The molecule has 12 heavy (non-hydrogen) atoms. The average molecular weight is 184 g/mol. The van der Waals surface area contributed by atoms with Crippen LogP contribution in [0.15, 0.2) is 42.9 Å². The fourth-order valence-corrected chi connectivity index (χ4v) is 0.560. The van der Waals surface area contributed by atoms with Gasteiger partial charge in [0.1, 0.15) is 0 Å². The number of hydrogen-bond acceptors (Lipinski definition) is 2. The average Bonchev–Trinajstić information content (AvgIpc) is 2.07. The molecule has 0 aliphatic carbocycles. The van der Waals surface area contributed by atoms with E-state index in [2.05, 4.69) is 6.58 Å². The molecule has 0 spiro atoms. The first-order valence-corrected chi connectivity index (χ1v) is 3.74. The normalized spacial score (nSPS) is 7.92. The van der Waals surface area contributed by atoms with Crippen molar-refractivity contribution in [2.24, 2.45) is 0 Å². The zero-order chi connectivity index (χ0) is 9.40. The largest absolute Gasteiger partial charge is 0.480 e. The summed E-state index contributed by atoms with van der Waals surface area (Å²) in [5.41, 5.74) is 0. The van der Waals surface area contributed by atoms with Crippen LogP contribution in [0.5, 0.6) is 0 Å². The van der Waals surface area contributed by atoms with E-state index in [1.807, 2.05) is 30.3 Å². The number of halogens is 1. The van der Waals surface area contributed by atoms with Crippen molar-refractivity contribution in [3.63, 3.8) is 0 Å². The minimum absolute atomic E-state index is 0.794. The van der Waals surface area contributed by atoms with Crippen LogP contribution in [0.25, 0.3) is 0 Å². The quantitative estimate of drug-likeness (QED) is 0.650. The molecule has 0 fully saturated rings. The van der Waals surface area contributed by atoms with Gasteiger partial charge in [-0.05, 0) is 12.1 Å². The molecule has 64 valence electrons. The third-order valence-corrected chi connectivity index (χ3v) is 1.20. The third-order valence-electron chi connectivity index (χ3n) is 0.944. The third kappa shape index (κ3) is 7.34. The molecule has 0 aliphatic rings. The standard InChI is InChI=1S/C6H5Cl.C2H5BO2/c7-6-4-2-1-3-5-6;1-2-3(4)5/h1-5H;2,4-5H,1H2. The van der Waals surface area contributed by atoms with Crippen LogP contribution in [0.1, 0.15) is 0 Å². The Balaban J connectivity index is 0.000000217. The molecule has 2 N–H and O–H groups in total. The maximum atomic E-state index is 7.80. The molecular weight excluding hydrogens is 174 g/mol. The molecular formula is C8H10BClO2. The SMILES string of the molecule is C=CB(O)O.Clc1ccccc1. The van der Waals surface area contributed by atoms with E-state index in [0.29, 0.717) is 0 Å². The molecule has 0 bridgehead atoms. The number of hydrogen-bond donors (Lipinski definition) is 2. The Hall–Kier alpha value is -0.765. The molecule has 0 radical (unpaired) electrons. The Labute approximate surface area is 77.3 Å². The Kier molecular flexibility index (Phi) is 6.47. The lowest BCUT2D eigenvalue weighted by Crippen LogP contribution is -2.03. The number of benzene rings is 1. The van der Waals surface area contributed by atoms with Gasteiger partial charge < -0.3 is 10.0 Å². The van der Waals surface area contributed by atoms with Gasteiger partial charge in [-0.3, -0.25) is 0 Å². The Morgan fingerprint density at radius 3 is 1.83 bits per heavy atom. The second-order valence-electron chi connectivity index (χ2n) is 1.94. The van der Waals surface area contributed by atoms with E-state index >= 15 is 0 Å². The van der Waals surface area contributed by atoms with Gasteiger partial charge in [-0.1, -0.05) is 35.8 Å². The smallest absolute Gasteiger partial charge is 0.424 e. The molecule has 4 heteroatoms. The predicted molar refractivity (Wildman–Crippen MR) is 51.8 cm³/mol. The van der Waals surface area contributed by atoms with Crippen molar-refractivity contribution < 1.29 is 10.0 Å². The molecule has 0 unspecified atom stereocenters. The van der Waals surface area contributed by atoms with Gasteiger partial charge in [-0.15, -0.1) is 6.58 Å². The fraction of sp³-hybridized carbons (Fsp3) is 0. The summed E-state index contributed by atoms with van der Waals surface area (Å²) in [4.78, 5) is 0. The minimum atomic E-state index is -1.35. The van der Waals surface area contributed by atoms with E-state index in [4.69, 9.17) is 21.6 Å². The second kappa shape index (κ2) is 6.92. The first-order chi connectivity index (χ1) is 5.66. The highest BCUT2D eigenvalue weighted by molar-refractivity contribution is 6.47. The van der Waals surface area contributed by atoms with Crippen molar-refractivity contribution in [3.05, 3.63) is 47.9 Å². The molecule has 0 heterocycles. The van der Waals surface area contributed by atoms with Crippen LogP contribution in [0.2, 0.25) is 5.02 Å². The van der Waals surface area contributed by atoms with Gasteiger partial charge in [0, 0.05) is 5.02 Å². The summed E-state index contributed by atoms with van der Waals surface area (Å²) in [6.45, 7) is 3.06. The van der Waals surface area contributed by atoms with E-state index in [-0.39, 0.29) is 0 Å². The van der Waals surface area contributed by atoms with Crippen molar-refractivity contribution in [1.29, 1.82) is 0 Å². The zero-order valence-electron chi connectivity index (χ0n) is 6.52. The summed E-state index contributed by atoms with van der Waals surface area (Å²) >= 11 is 5.54. The molecule has 0 saturated carbocycles. The highest BCUT2D eigenvalue weighted by Crippen LogP contribution is 2.03. The summed E-state index contributed by atoms with van der Waals surface area (Å²) in [5.74, 6) is 1.03. The van der Waals surface area contributed by atoms with Crippen molar-refractivity contribution >= 4 is 18.7 Å². The second-order valence-corrected chi connectivity index (χ2v) is 2.38. The molecule has 0 saturated heterocycles. The van der Waals surface area contributed by atoms with E-state index in [0.717, 1.165) is 11.0 Å². The van der Waals surface area contributed by atoms with Gasteiger partial charge >= 0.3 is 7.12 Å². The molecule has 1 aromatic carbocycles. The van der Waals surface area contributed by atoms with Gasteiger partial charge in [-0.25, -0.2) is 0 Å². The minimum Gasteiger partial charge on any atom is -0.424 e. The monoisotopic (exact) mass is 184 g/mol. The van der Waals surface area contributed by atoms with Crippen LogP contribution in [0.3, 0.4) is 0 Å². The van der Waals surface area contributed by atoms with Crippen molar-refractivity contribution in [1.82, 2.24) is 0 Å². The van der Waals surface area contributed by atoms with E-state index < -0.39 is 7.12 Å². The van der Waals surface area contributed by atoms with E-state index in [1.165, 1.54) is 0 Å². The fourth-order valence-electron chi connectivity index (χ4n) is 0.415. The molecule has 0 aromatic heterocycles. The summed E-state index contributed by atoms with van der Waals surface area (Å²) in [5, 5.41) is 16.4. The van der Waals surface area contributed by atoms with E-state index in [9.17, 15) is 0 Å². The predicted octanol–water partition coefficient (Wildman–Crippen LogP) is 1.52. The lowest BCUT2D eigenvalue weighted by Gasteiger charge is -1.80. The van der Waals surface area contributed by atoms with Crippen LogP contribution in [-0.4, -0.2) is 17.2 Å². The summed E-state index contributed by atoms with van der Waals surface area (Å²) in [6, 6.07) is 9.44. The molecule has 0 atom stereocenters. The van der Waals surface area contributed by atoms with Gasteiger partial charge in [0.15, 0.2) is 0 Å². The number of rotatable bonds is 1. The van der Waals surface area contributed by atoms with Gasteiger partial charge in [0.05, 0.1) is 0 Å². The van der Waals surface area contributed by atoms with Crippen LogP contribution < -0.4 is 0 Å².